The van der Waals surface area contributed by atoms with Crippen LogP contribution < -0.4 is 10.6 Å². The molecule has 0 bridgehead atoms. The van der Waals surface area contributed by atoms with Gasteiger partial charge in [0.05, 0.1) is 10.6 Å². The van der Waals surface area contributed by atoms with Crippen LogP contribution >= 0.6 is 11.6 Å². The first-order valence-electron chi connectivity index (χ1n) is 8.54. The van der Waals surface area contributed by atoms with E-state index in [1.165, 1.54) is 12.1 Å². The molecule has 2 amide bonds. The highest BCUT2D eigenvalue weighted by atomic mass is 35.5. The first-order chi connectivity index (χ1) is 13.3. The molecule has 1 atom stereocenters. The number of benzene rings is 2. The minimum atomic E-state index is -1.10. The summed E-state index contributed by atoms with van der Waals surface area (Å²) in [6.45, 7) is 1.63. The van der Waals surface area contributed by atoms with Crippen molar-refractivity contribution >= 4 is 35.2 Å². The van der Waals surface area contributed by atoms with Crippen molar-refractivity contribution in [2.45, 2.75) is 18.9 Å². The third-order valence-corrected chi connectivity index (χ3v) is 4.71. The van der Waals surface area contributed by atoms with E-state index in [2.05, 4.69) is 10.6 Å². The van der Waals surface area contributed by atoms with Crippen LogP contribution in [-0.2, 0) is 9.59 Å². The zero-order valence-electron chi connectivity index (χ0n) is 15.0. The van der Waals surface area contributed by atoms with Crippen molar-refractivity contribution in [3.05, 3.63) is 82.3 Å². The lowest BCUT2D eigenvalue weighted by Crippen LogP contribution is -2.41. The molecule has 2 aromatic carbocycles. The Morgan fingerprint density at radius 3 is 2.68 bits per heavy atom. The highest BCUT2D eigenvalue weighted by Gasteiger charge is 2.43. The third kappa shape index (κ3) is 4.07. The summed E-state index contributed by atoms with van der Waals surface area (Å²) in [4.78, 5) is 24.8. The first-order valence-corrected chi connectivity index (χ1v) is 8.92. The van der Waals surface area contributed by atoms with Gasteiger partial charge < -0.3 is 15.7 Å². The molecule has 1 unspecified atom stereocenters. The molecule has 3 rings (SSSR count). The quantitative estimate of drug-likeness (QED) is 0.657. The number of nitrogens with one attached hydrogen (secondary N) is 2. The summed E-state index contributed by atoms with van der Waals surface area (Å²) < 4.78 is 13.2. The predicted octanol–water partition coefficient (Wildman–Crippen LogP) is 4.22. The average Bonchev–Trinajstić information content (AvgIpc) is 2.88. The molecule has 0 aliphatic carbocycles. The molecular formula is C21H18ClFN2O3. The Hall–Kier alpha value is -3.12. The smallest absolute Gasteiger partial charge is 0.264 e. The number of anilines is 1. The highest BCUT2D eigenvalue weighted by molar-refractivity contribution is 6.31. The molecule has 0 radical (unpaired) electrons. The second-order valence-electron chi connectivity index (χ2n) is 6.61. The predicted molar refractivity (Wildman–Crippen MR) is 106 cm³/mol. The van der Waals surface area contributed by atoms with Gasteiger partial charge in [0.25, 0.3) is 11.8 Å². The van der Waals surface area contributed by atoms with E-state index >= 15 is 0 Å². The van der Waals surface area contributed by atoms with Crippen molar-refractivity contribution in [2.24, 2.45) is 0 Å². The molecule has 5 nitrogen and oxygen atoms in total. The largest absolute Gasteiger partial charge is 0.509 e. The van der Waals surface area contributed by atoms with E-state index in [1.54, 1.807) is 6.92 Å². The van der Waals surface area contributed by atoms with E-state index in [1.807, 2.05) is 42.5 Å². The van der Waals surface area contributed by atoms with Crippen LogP contribution in [0, 0.1) is 5.82 Å². The molecule has 144 valence electrons. The van der Waals surface area contributed by atoms with E-state index in [9.17, 15) is 19.1 Å². The Balaban J connectivity index is 1.77. The Kier molecular flexibility index (Phi) is 5.51. The maximum absolute atomic E-state index is 13.2. The SMILES string of the molecule is CC1(C/C=C/c2ccccc2)NC(=O)C(C(=O)Nc2ccc(F)c(Cl)c2)=C1O. The van der Waals surface area contributed by atoms with E-state index in [-0.39, 0.29) is 22.0 Å². The van der Waals surface area contributed by atoms with E-state index < -0.39 is 23.2 Å². The van der Waals surface area contributed by atoms with Crippen molar-refractivity contribution in [3.63, 3.8) is 0 Å². The van der Waals surface area contributed by atoms with Crippen LogP contribution in [0.1, 0.15) is 18.9 Å². The molecular weight excluding hydrogens is 383 g/mol. The van der Waals surface area contributed by atoms with Crippen LogP contribution in [-0.4, -0.2) is 22.5 Å². The third-order valence-electron chi connectivity index (χ3n) is 4.42. The van der Waals surface area contributed by atoms with Crippen LogP contribution in [0.4, 0.5) is 10.1 Å². The number of halogens is 2. The molecule has 1 aliphatic rings. The van der Waals surface area contributed by atoms with E-state index in [0.29, 0.717) is 6.42 Å². The number of aliphatic hydroxyl groups is 1. The van der Waals surface area contributed by atoms with Gasteiger partial charge in [-0.3, -0.25) is 9.59 Å². The number of hydrogen-bond acceptors (Lipinski definition) is 3. The summed E-state index contributed by atoms with van der Waals surface area (Å²) in [5.74, 6) is -2.45. The average molecular weight is 401 g/mol. The Labute approximate surface area is 166 Å². The van der Waals surface area contributed by atoms with Crippen LogP contribution in [0.3, 0.4) is 0 Å². The molecule has 0 spiro atoms. The van der Waals surface area contributed by atoms with Crippen LogP contribution in [0.25, 0.3) is 6.08 Å². The Morgan fingerprint density at radius 2 is 2.00 bits per heavy atom. The van der Waals surface area contributed by atoms with Gasteiger partial charge >= 0.3 is 0 Å². The summed E-state index contributed by atoms with van der Waals surface area (Å²) in [7, 11) is 0. The van der Waals surface area contributed by atoms with Gasteiger partial charge in [0, 0.05) is 5.69 Å². The van der Waals surface area contributed by atoms with Crippen LogP contribution in [0.5, 0.6) is 0 Å². The zero-order valence-corrected chi connectivity index (χ0v) is 15.8. The molecule has 0 saturated heterocycles. The molecule has 0 saturated carbocycles. The number of carbonyl (C=O) groups is 2. The second kappa shape index (κ2) is 7.86. The fourth-order valence-electron chi connectivity index (χ4n) is 2.88. The van der Waals surface area contributed by atoms with E-state index in [0.717, 1.165) is 11.6 Å². The second-order valence-corrected chi connectivity index (χ2v) is 7.02. The number of carbonyl (C=O) groups excluding carboxylic acids is 2. The van der Waals surface area contributed by atoms with Gasteiger partial charge in [-0.25, -0.2) is 4.39 Å². The number of hydrogen-bond donors (Lipinski definition) is 3. The van der Waals surface area contributed by atoms with Gasteiger partial charge in [-0.15, -0.1) is 0 Å². The van der Waals surface area contributed by atoms with Crippen molar-refractivity contribution in [1.29, 1.82) is 0 Å². The van der Waals surface area contributed by atoms with Crippen LogP contribution in [0.15, 0.2) is 65.9 Å². The van der Waals surface area contributed by atoms with Crippen molar-refractivity contribution < 1.29 is 19.1 Å². The maximum atomic E-state index is 13.2. The summed E-state index contributed by atoms with van der Waals surface area (Å²) >= 11 is 5.69. The summed E-state index contributed by atoms with van der Waals surface area (Å²) in [6, 6.07) is 13.2. The molecule has 0 aromatic heterocycles. The van der Waals surface area contributed by atoms with Crippen molar-refractivity contribution in [3.8, 4) is 0 Å². The summed E-state index contributed by atoms with van der Waals surface area (Å²) in [5, 5.41) is 15.5. The lowest BCUT2D eigenvalue weighted by atomic mass is 9.95. The maximum Gasteiger partial charge on any atom is 0.264 e. The molecule has 1 heterocycles. The molecule has 0 fully saturated rings. The van der Waals surface area contributed by atoms with Gasteiger partial charge in [0.15, 0.2) is 0 Å². The van der Waals surface area contributed by atoms with Crippen molar-refractivity contribution in [1.82, 2.24) is 5.32 Å². The molecule has 2 aromatic rings. The molecule has 7 heteroatoms. The monoisotopic (exact) mass is 400 g/mol. The number of rotatable bonds is 5. The molecule has 3 N–H and O–H groups in total. The Morgan fingerprint density at radius 1 is 1.29 bits per heavy atom. The summed E-state index contributed by atoms with van der Waals surface area (Å²) in [5.41, 5.74) is -0.293. The fraction of sp³-hybridized carbons (Fsp3) is 0.143. The van der Waals surface area contributed by atoms with Gasteiger partial charge in [-0.05, 0) is 37.1 Å². The first kappa shape index (κ1) is 19.6. The number of amides is 2. The van der Waals surface area contributed by atoms with Crippen molar-refractivity contribution in [2.75, 3.05) is 5.32 Å². The lowest BCUT2D eigenvalue weighted by molar-refractivity contribution is -0.121. The number of aliphatic hydroxyl groups excluding tert-OH is 1. The minimum absolute atomic E-state index is 0.164. The standard InChI is InChI=1S/C21H18ClFN2O3/c1-21(11-5-8-13-6-3-2-4-7-13)18(26)17(20(28)25-21)19(27)24-14-9-10-16(23)15(22)12-14/h2-10,12,26H,11H2,1H3,(H,24,27)(H,25,28)/b8-5+. The highest BCUT2D eigenvalue weighted by Crippen LogP contribution is 2.30. The normalized spacial score (nSPS) is 19.2. The minimum Gasteiger partial charge on any atom is -0.509 e. The van der Waals surface area contributed by atoms with Gasteiger partial charge in [-0.2, -0.15) is 0 Å². The van der Waals surface area contributed by atoms with Crippen LogP contribution in [0.2, 0.25) is 5.02 Å². The molecule has 28 heavy (non-hydrogen) atoms. The van der Waals surface area contributed by atoms with E-state index in [4.69, 9.17) is 11.6 Å². The lowest BCUT2D eigenvalue weighted by Gasteiger charge is -2.22. The summed E-state index contributed by atoms with van der Waals surface area (Å²) in [6.07, 6.45) is 3.97. The topological polar surface area (TPSA) is 78.4 Å². The van der Waals surface area contributed by atoms with Gasteiger partial charge in [0.2, 0.25) is 0 Å². The van der Waals surface area contributed by atoms with Gasteiger partial charge in [-0.1, -0.05) is 54.1 Å². The fourth-order valence-corrected chi connectivity index (χ4v) is 3.06. The zero-order chi connectivity index (χ0) is 20.3. The van der Waals surface area contributed by atoms with Gasteiger partial charge in [0.1, 0.15) is 17.1 Å². The Bertz CT molecular complexity index is 988. The molecule has 1 aliphatic heterocycles.